The Balaban J connectivity index is 1.88. The van der Waals surface area contributed by atoms with Gasteiger partial charge in [0.2, 0.25) is 0 Å². The third-order valence-electron chi connectivity index (χ3n) is 3.44. The van der Waals surface area contributed by atoms with E-state index >= 15 is 0 Å². The molecule has 0 bridgehead atoms. The molecule has 1 N–H and O–H groups in total. The van der Waals surface area contributed by atoms with Gasteiger partial charge in [0.1, 0.15) is 0 Å². The molecule has 124 valence electrons. The van der Waals surface area contributed by atoms with Crippen molar-refractivity contribution in [2.75, 3.05) is 5.32 Å². The number of ether oxygens (including phenoxy) is 1. The number of rotatable bonds is 5. The Bertz CT molecular complexity index is 748. The Kier molecular flexibility index (Phi) is 5.90. The lowest BCUT2D eigenvalue weighted by Gasteiger charge is -2.12. The van der Waals surface area contributed by atoms with Crippen LogP contribution >= 0.6 is 0 Å². The quantitative estimate of drug-likeness (QED) is 0.671. The van der Waals surface area contributed by atoms with Crippen molar-refractivity contribution in [3.8, 4) is 0 Å². The maximum absolute atomic E-state index is 12.0. The van der Waals surface area contributed by atoms with Gasteiger partial charge in [-0.05, 0) is 44.5 Å². The Morgan fingerprint density at radius 3 is 2.42 bits per heavy atom. The predicted molar refractivity (Wildman–Crippen MR) is 95.6 cm³/mol. The molecule has 0 aliphatic heterocycles. The zero-order valence-electron chi connectivity index (χ0n) is 14.1. The fourth-order valence-electron chi connectivity index (χ4n) is 2.09. The first-order chi connectivity index (χ1) is 11.4. The number of aryl methyl sites for hydroxylation is 2. The van der Waals surface area contributed by atoms with Crippen molar-refractivity contribution in [3.63, 3.8) is 0 Å². The monoisotopic (exact) mass is 323 g/mol. The first kappa shape index (κ1) is 17.5. The van der Waals surface area contributed by atoms with Gasteiger partial charge in [-0.2, -0.15) is 0 Å². The van der Waals surface area contributed by atoms with Crippen LogP contribution in [0.3, 0.4) is 0 Å². The molecule has 0 aliphatic rings. The summed E-state index contributed by atoms with van der Waals surface area (Å²) in [5.41, 5.74) is 3.79. The van der Waals surface area contributed by atoms with E-state index in [2.05, 4.69) is 5.32 Å². The Morgan fingerprint density at radius 2 is 1.75 bits per heavy atom. The van der Waals surface area contributed by atoms with Gasteiger partial charge in [0.05, 0.1) is 0 Å². The van der Waals surface area contributed by atoms with Crippen molar-refractivity contribution in [1.82, 2.24) is 0 Å². The highest BCUT2D eigenvalue weighted by molar-refractivity contribution is 5.96. The molecule has 2 rings (SSSR count). The molecular formula is C20H21NO3. The van der Waals surface area contributed by atoms with E-state index in [4.69, 9.17) is 4.74 Å². The minimum Gasteiger partial charge on any atom is -0.449 e. The summed E-state index contributed by atoms with van der Waals surface area (Å²) in [6.45, 7) is 5.49. The fraction of sp³-hybridized carbons (Fsp3) is 0.200. The number of nitrogens with one attached hydrogen (secondary N) is 1. The number of hydrogen-bond donors (Lipinski definition) is 1. The van der Waals surface area contributed by atoms with Gasteiger partial charge in [-0.25, -0.2) is 4.79 Å². The topological polar surface area (TPSA) is 55.4 Å². The maximum atomic E-state index is 12.0. The molecule has 0 radical (unpaired) electrons. The maximum Gasteiger partial charge on any atom is 0.331 e. The predicted octanol–water partition coefficient (Wildman–Crippen LogP) is 3.89. The molecule has 0 spiro atoms. The van der Waals surface area contributed by atoms with E-state index in [1.54, 1.807) is 25.1 Å². The van der Waals surface area contributed by atoms with Crippen molar-refractivity contribution in [2.24, 2.45) is 0 Å². The molecule has 4 nitrogen and oxygen atoms in total. The number of benzene rings is 2. The summed E-state index contributed by atoms with van der Waals surface area (Å²) >= 11 is 0. The molecule has 0 aliphatic carbocycles. The van der Waals surface area contributed by atoms with Crippen LogP contribution in [0.25, 0.3) is 6.08 Å². The van der Waals surface area contributed by atoms with Gasteiger partial charge in [0.15, 0.2) is 6.10 Å². The average molecular weight is 323 g/mol. The first-order valence-electron chi connectivity index (χ1n) is 7.77. The third kappa shape index (κ3) is 5.39. The van der Waals surface area contributed by atoms with Crippen molar-refractivity contribution in [1.29, 1.82) is 0 Å². The molecule has 0 aromatic heterocycles. The number of carbonyl (C=O) groups excluding carboxylic acids is 2. The minimum atomic E-state index is -0.874. The van der Waals surface area contributed by atoms with Gasteiger partial charge >= 0.3 is 5.97 Å². The second-order valence-electron chi connectivity index (χ2n) is 5.68. The SMILES string of the molecule is Cc1ccc(NC(=O)[C@H](C)OC(=O)/C=C/c2cccc(C)c2)cc1. The smallest absolute Gasteiger partial charge is 0.331 e. The van der Waals surface area contributed by atoms with E-state index in [9.17, 15) is 9.59 Å². The van der Waals surface area contributed by atoms with E-state index in [1.807, 2.05) is 50.2 Å². The summed E-state index contributed by atoms with van der Waals surface area (Å²) in [4.78, 5) is 23.9. The molecule has 0 saturated heterocycles. The number of hydrogen-bond acceptors (Lipinski definition) is 3. The molecule has 0 saturated carbocycles. The highest BCUT2D eigenvalue weighted by Crippen LogP contribution is 2.10. The van der Waals surface area contributed by atoms with E-state index < -0.39 is 12.1 Å². The summed E-state index contributed by atoms with van der Waals surface area (Å²) in [5.74, 6) is -0.917. The summed E-state index contributed by atoms with van der Waals surface area (Å²) in [7, 11) is 0. The fourth-order valence-corrected chi connectivity index (χ4v) is 2.09. The second kappa shape index (κ2) is 8.11. The molecule has 0 fully saturated rings. The third-order valence-corrected chi connectivity index (χ3v) is 3.44. The van der Waals surface area contributed by atoms with Gasteiger partial charge in [-0.1, -0.05) is 47.5 Å². The van der Waals surface area contributed by atoms with Crippen LogP contribution in [-0.2, 0) is 14.3 Å². The van der Waals surface area contributed by atoms with E-state index in [0.717, 1.165) is 16.7 Å². The summed E-state index contributed by atoms with van der Waals surface area (Å²) in [6, 6.07) is 15.2. The van der Waals surface area contributed by atoms with Crippen molar-refractivity contribution < 1.29 is 14.3 Å². The van der Waals surface area contributed by atoms with Gasteiger partial charge in [-0.3, -0.25) is 4.79 Å². The zero-order valence-corrected chi connectivity index (χ0v) is 14.1. The number of carbonyl (C=O) groups is 2. The van der Waals surface area contributed by atoms with Crippen LogP contribution in [0.2, 0.25) is 0 Å². The van der Waals surface area contributed by atoms with E-state index in [-0.39, 0.29) is 5.91 Å². The Morgan fingerprint density at radius 1 is 1.04 bits per heavy atom. The van der Waals surface area contributed by atoms with Gasteiger partial charge < -0.3 is 10.1 Å². The van der Waals surface area contributed by atoms with Crippen LogP contribution in [-0.4, -0.2) is 18.0 Å². The molecule has 1 atom stereocenters. The Labute approximate surface area is 142 Å². The van der Waals surface area contributed by atoms with E-state index in [0.29, 0.717) is 5.69 Å². The zero-order chi connectivity index (χ0) is 17.5. The molecule has 2 aromatic carbocycles. The summed E-state index contributed by atoms with van der Waals surface area (Å²) in [6.07, 6.45) is 2.12. The molecular weight excluding hydrogens is 302 g/mol. The normalized spacial score (nSPS) is 12.0. The minimum absolute atomic E-state index is 0.365. The Hall–Kier alpha value is -2.88. The number of esters is 1. The number of amides is 1. The lowest BCUT2D eigenvalue weighted by atomic mass is 10.1. The number of anilines is 1. The molecule has 0 unspecified atom stereocenters. The lowest BCUT2D eigenvalue weighted by molar-refractivity contribution is -0.148. The average Bonchev–Trinajstić information content (AvgIpc) is 2.55. The highest BCUT2D eigenvalue weighted by atomic mass is 16.5. The molecule has 2 aromatic rings. The second-order valence-corrected chi connectivity index (χ2v) is 5.68. The van der Waals surface area contributed by atoms with Crippen LogP contribution in [0.5, 0.6) is 0 Å². The van der Waals surface area contributed by atoms with E-state index in [1.165, 1.54) is 6.08 Å². The van der Waals surface area contributed by atoms with Crippen LogP contribution in [0.4, 0.5) is 5.69 Å². The van der Waals surface area contributed by atoms with Crippen LogP contribution < -0.4 is 5.32 Å². The highest BCUT2D eigenvalue weighted by Gasteiger charge is 2.16. The van der Waals surface area contributed by atoms with Crippen LogP contribution in [0.15, 0.2) is 54.6 Å². The van der Waals surface area contributed by atoms with Crippen molar-refractivity contribution >= 4 is 23.6 Å². The first-order valence-corrected chi connectivity index (χ1v) is 7.77. The van der Waals surface area contributed by atoms with Gasteiger partial charge in [-0.15, -0.1) is 0 Å². The lowest BCUT2D eigenvalue weighted by Crippen LogP contribution is -2.29. The summed E-state index contributed by atoms with van der Waals surface area (Å²) < 4.78 is 5.12. The molecule has 0 heterocycles. The van der Waals surface area contributed by atoms with Crippen molar-refractivity contribution in [2.45, 2.75) is 26.9 Å². The summed E-state index contributed by atoms with van der Waals surface area (Å²) in [5, 5.41) is 2.72. The molecule has 24 heavy (non-hydrogen) atoms. The standard InChI is InChI=1S/C20H21NO3/c1-14-7-10-18(11-8-14)21-20(23)16(3)24-19(22)12-9-17-6-4-5-15(2)13-17/h4-13,16H,1-3H3,(H,21,23)/b12-9+/t16-/m0/s1. The van der Waals surface area contributed by atoms with Crippen molar-refractivity contribution in [3.05, 3.63) is 71.3 Å². The van der Waals surface area contributed by atoms with Gasteiger partial charge in [0.25, 0.3) is 5.91 Å². The van der Waals surface area contributed by atoms with Crippen LogP contribution in [0, 0.1) is 13.8 Å². The molecule has 1 amide bonds. The molecule has 4 heteroatoms. The van der Waals surface area contributed by atoms with Gasteiger partial charge in [0, 0.05) is 11.8 Å². The largest absolute Gasteiger partial charge is 0.449 e. The van der Waals surface area contributed by atoms with Crippen LogP contribution in [0.1, 0.15) is 23.6 Å².